The first-order valence-corrected chi connectivity index (χ1v) is 7.93. The zero-order valence-corrected chi connectivity index (χ0v) is 14.5. The number of carbonyl (C=O) groups is 3. The van der Waals surface area contributed by atoms with Crippen LogP contribution in [0.4, 0.5) is 4.39 Å². The van der Waals surface area contributed by atoms with Crippen LogP contribution in [0.5, 0.6) is 0 Å². The van der Waals surface area contributed by atoms with Gasteiger partial charge in [0.15, 0.2) is 29.2 Å². The summed E-state index contributed by atoms with van der Waals surface area (Å²) in [5.74, 6) is -4.73. The number of benzene rings is 1. The minimum Gasteiger partial charge on any atom is -0.376 e. The monoisotopic (exact) mass is 397 g/mol. The summed E-state index contributed by atoms with van der Waals surface area (Å²) in [6.45, 7) is -4.94. The molecule has 1 aromatic heterocycles. The van der Waals surface area contributed by atoms with E-state index >= 15 is 0 Å². The van der Waals surface area contributed by atoms with E-state index < -0.39 is 73.8 Å². The van der Waals surface area contributed by atoms with Crippen LogP contribution >= 0.6 is 0 Å². The average molecular weight is 397 g/mol. The highest BCUT2D eigenvalue weighted by atomic mass is 19.1. The molecule has 1 aliphatic heterocycles. The summed E-state index contributed by atoms with van der Waals surface area (Å²) >= 11 is 0. The van der Waals surface area contributed by atoms with E-state index in [1.165, 1.54) is 24.3 Å². The van der Waals surface area contributed by atoms with Crippen LogP contribution in [0, 0.1) is 6.08 Å². The molecule has 1 unspecified atom stereocenters. The molecule has 0 radical (unpaired) electrons. The van der Waals surface area contributed by atoms with Gasteiger partial charge in [0.25, 0.3) is 6.08 Å². The Morgan fingerprint density at radius 3 is 2.46 bits per heavy atom. The van der Waals surface area contributed by atoms with Crippen LogP contribution < -0.4 is 0 Å². The number of aliphatic hydroxyl groups is 3. The minimum atomic E-state index is -3.71. The Hall–Kier alpha value is -2.53. The second kappa shape index (κ2) is 6.24. The summed E-state index contributed by atoms with van der Waals surface area (Å²) in [5.41, 5.74) is -10.6. The van der Waals surface area contributed by atoms with Crippen molar-refractivity contribution < 1.29 is 42.9 Å². The molecule has 28 heavy (non-hydrogen) atoms. The molecule has 0 spiro atoms. The van der Waals surface area contributed by atoms with Crippen molar-refractivity contribution in [3.63, 3.8) is 0 Å². The van der Waals surface area contributed by atoms with E-state index in [1.807, 2.05) is 0 Å². The quantitative estimate of drug-likeness (QED) is 0.637. The molecule has 1 aliphatic rings. The number of fused-ring (bicyclic) bond motifs is 1. The van der Waals surface area contributed by atoms with Gasteiger partial charge < -0.3 is 20.1 Å². The third-order valence-electron chi connectivity index (χ3n) is 5.03. The largest absolute Gasteiger partial charge is 0.376 e. The van der Waals surface area contributed by atoms with E-state index in [0.29, 0.717) is 4.57 Å². The number of aromatic nitrogens is 2. The zero-order valence-electron chi connectivity index (χ0n) is 17.5. The van der Waals surface area contributed by atoms with Gasteiger partial charge in [-0.2, -0.15) is 4.39 Å². The predicted octanol–water partition coefficient (Wildman–Crippen LogP) is -0.336. The van der Waals surface area contributed by atoms with Gasteiger partial charge in [-0.25, -0.2) is 4.98 Å². The number of carbonyl (C=O) groups excluding carboxylic acids is 3. The highest BCUT2D eigenvalue weighted by molar-refractivity contribution is 6.05. The smallest absolute Gasteiger partial charge is 0.292 e. The fourth-order valence-corrected chi connectivity index (χ4v) is 3.48. The molecule has 0 saturated carbocycles. The fourth-order valence-electron chi connectivity index (χ4n) is 3.48. The van der Waals surface area contributed by atoms with Crippen molar-refractivity contribution >= 4 is 28.4 Å². The molecule has 3 rings (SSSR count). The molecule has 2 aromatic rings. The number of para-hydroxylation sites is 2. The predicted molar refractivity (Wildman–Crippen MR) is 91.6 cm³/mol. The molecular formula is C18H19FN2O7. The normalized spacial score (nSPS) is 34.4. The third kappa shape index (κ3) is 2.26. The van der Waals surface area contributed by atoms with Crippen molar-refractivity contribution in [3.05, 3.63) is 30.3 Å². The topological polar surface area (TPSA) is 139 Å². The maximum atomic E-state index is 14.8. The summed E-state index contributed by atoms with van der Waals surface area (Å²) in [5, 5.41) is 33.6. The second-order valence-electron chi connectivity index (χ2n) is 6.51. The van der Waals surface area contributed by atoms with E-state index in [4.69, 9.17) is 8.85 Å². The molecule has 0 amide bonds. The Morgan fingerprint density at radius 1 is 1.18 bits per heavy atom. The van der Waals surface area contributed by atoms with Gasteiger partial charge in [-0.15, -0.1) is 0 Å². The van der Waals surface area contributed by atoms with Gasteiger partial charge >= 0.3 is 0 Å². The molecular weight excluding hydrogens is 375 g/mol. The van der Waals surface area contributed by atoms with Crippen LogP contribution in [-0.4, -0.2) is 65.6 Å². The van der Waals surface area contributed by atoms with Crippen molar-refractivity contribution in [1.82, 2.24) is 9.55 Å². The molecule has 150 valence electrons. The number of hydrogen-bond donors (Lipinski definition) is 3. The summed E-state index contributed by atoms with van der Waals surface area (Å²) in [4.78, 5) is 41.4. The average Bonchev–Trinajstić information content (AvgIpc) is 3.11. The Morgan fingerprint density at radius 2 is 1.82 bits per heavy atom. The van der Waals surface area contributed by atoms with Crippen molar-refractivity contribution in [1.29, 1.82) is 0 Å². The van der Waals surface area contributed by atoms with Crippen LogP contribution in [0.2, 0.25) is 0 Å². The molecule has 3 N–H and O–H groups in total. The Bertz CT molecular complexity index is 1070. The van der Waals surface area contributed by atoms with Crippen LogP contribution in [-0.2, 0) is 19.1 Å². The molecule has 10 heteroatoms. The van der Waals surface area contributed by atoms with Gasteiger partial charge in [-0.05, 0) is 32.8 Å². The SMILES string of the molecule is [2H]CC(=O)[C@@]1(O)[C@@](O)(C(=O)C[2H])COC(n2c(F)nc3ccccc32)[C@@]1(O)C(=O)C[2H]. The standard InChI is InChI=1S/C18H19FN2O7/c1-9(22)16(25)8-28-14(17(26,10(2)23)18(16,27)11(3)24)21-13-7-5-4-6-12(13)20-15(21)19/h4-7,14,25-27H,8H2,1-3H3/t14?,16-,17-,18+/m0/s1/i1D,2D,3D. The lowest BCUT2D eigenvalue weighted by molar-refractivity contribution is -0.311. The number of halogens is 1. The number of rotatable bonds is 4. The van der Waals surface area contributed by atoms with Crippen LogP contribution in [0.15, 0.2) is 24.3 Å². The highest BCUT2D eigenvalue weighted by Crippen LogP contribution is 2.48. The first-order valence-electron chi connectivity index (χ1n) is 10.1. The number of hydrogen-bond acceptors (Lipinski definition) is 8. The summed E-state index contributed by atoms with van der Waals surface area (Å²) in [7, 11) is 0. The maximum absolute atomic E-state index is 14.8. The number of ether oxygens (including phenoxy) is 1. The first kappa shape index (κ1) is 16.4. The highest BCUT2D eigenvalue weighted by Gasteiger charge is 2.75. The lowest BCUT2D eigenvalue weighted by Crippen LogP contribution is -2.82. The maximum Gasteiger partial charge on any atom is 0.292 e. The van der Waals surface area contributed by atoms with Gasteiger partial charge in [0.1, 0.15) is 0 Å². The van der Waals surface area contributed by atoms with E-state index in [1.54, 1.807) is 0 Å². The summed E-state index contributed by atoms with van der Waals surface area (Å²) < 4.78 is 42.6. The van der Waals surface area contributed by atoms with Gasteiger partial charge in [0, 0.05) is 4.11 Å². The van der Waals surface area contributed by atoms with Crippen LogP contribution in [0.1, 0.15) is 31.0 Å². The Kier molecular flexibility index (Phi) is 3.66. The van der Waals surface area contributed by atoms with E-state index in [-0.39, 0.29) is 11.0 Å². The van der Waals surface area contributed by atoms with E-state index in [2.05, 4.69) is 4.98 Å². The summed E-state index contributed by atoms with van der Waals surface area (Å²) in [6, 6.07) is 5.72. The number of Topliss-reactive ketones (excluding diaryl/α,β-unsaturated/α-hetero) is 3. The molecule has 1 aromatic carbocycles. The van der Waals surface area contributed by atoms with Crippen LogP contribution in [0.25, 0.3) is 11.0 Å². The van der Waals surface area contributed by atoms with Gasteiger partial charge in [-0.3, -0.25) is 19.0 Å². The van der Waals surface area contributed by atoms with Crippen molar-refractivity contribution in [3.8, 4) is 0 Å². The first-order chi connectivity index (χ1) is 14.5. The number of ketones is 3. The third-order valence-corrected chi connectivity index (χ3v) is 5.03. The van der Waals surface area contributed by atoms with Crippen molar-refractivity contribution in [2.75, 3.05) is 6.61 Å². The molecule has 9 nitrogen and oxygen atoms in total. The lowest BCUT2D eigenvalue weighted by atomic mass is 9.63. The van der Waals surface area contributed by atoms with E-state index in [9.17, 15) is 34.1 Å². The second-order valence-corrected chi connectivity index (χ2v) is 6.51. The van der Waals surface area contributed by atoms with Gasteiger partial charge in [0.05, 0.1) is 17.6 Å². The Labute approximate surface area is 162 Å². The molecule has 0 bridgehead atoms. The van der Waals surface area contributed by atoms with Crippen molar-refractivity contribution in [2.45, 2.75) is 43.7 Å². The van der Waals surface area contributed by atoms with E-state index in [0.717, 1.165) is 0 Å². The lowest BCUT2D eigenvalue weighted by Gasteiger charge is -2.54. The fraction of sp³-hybridized carbons (Fsp3) is 0.444. The molecule has 1 saturated heterocycles. The Balaban J connectivity index is 2.38. The molecule has 2 heterocycles. The van der Waals surface area contributed by atoms with Gasteiger partial charge in [-0.1, -0.05) is 12.1 Å². The molecule has 4 atom stereocenters. The number of nitrogens with zero attached hydrogens (tertiary/aromatic N) is 2. The minimum absolute atomic E-state index is 0.0286. The number of imidazole rings is 1. The molecule has 1 fully saturated rings. The molecule has 0 aliphatic carbocycles. The van der Waals surface area contributed by atoms with Gasteiger partial charge in [0.2, 0.25) is 11.2 Å². The van der Waals surface area contributed by atoms with Crippen LogP contribution in [0.3, 0.4) is 0 Å². The van der Waals surface area contributed by atoms with Crippen molar-refractivity contribution in [2.24, 2.45) is 0 Å². The zero-order chi connectivity index (χ0) is 23.2. The summed E-state index contributed by atoms with van der Waals surface area (Å²) in [6.07, 6.45) is -3.53.